The zero-order valence-corrected chi connectivity index (χ0v) is 14.0. The van der Waals surface area contributed by atoms with Gasteiger partial charge in [-0.15, -0.1) is 0 Å². The first-order chi connectivity index (χ1) is 10.1. The normalized spacial score (nSPS) is 26.2. The van der Waals surface area contributed by atoms with Crippen LogP contribution in [0.2, 0.25) is 0 Å². The van der Waals surface area contributed by atoms with E-state index in [1.54, 1.807) is 0 Å². The van der Waals surface area contributed by atoms with Crippen LogP contribution in [0.15, 0.2) is 0 Å². The van der Waals surface area contributed by atoms with Crippen molar-refractivity contribution in [1.82, 2.24) is 10.2 Å². The van der Waals surface area contributed by atoms with Crippen LogP contribution in [0.1, 0.15) is 58.3 Å². The summed E-state index contributed by atoms with van der Waals surface area (Å²) in [4.78, 5) is 15.6. The molecule has 0 bridgehead atoms. The molecule has 0 spiro atoms. The van der Waals surface area contributed by atoms with Gasteiger partial charge in [-0.05, 0) is 38.8 Å². The number of carbonyl (C=O) groups excluding carboxylic acids is 1. The van der Waals surface area contributed by atoms with Crippen molar-refractivity contribution in [2.75, 3.05) is 19.6 Å². The number of amides is 1. The van der Waals surface area contributed by atoms with E-state index in [0.29, 0.717) is 11.0 Å². The lowest BCUT2D eigenvalue weighted by atomic mass is 9.79. The highest BCUT2D eigenvalue weighted by atomic mass is 32.1. The summed E-state index contributed by atoms with van der Waals surface area (Å²) in [6.45, 7) is 5.12. The first-order valence-corrected chi connectivity index (χ1v) is 8.83. The summed E-state index contributed by atoms with van der Waals surface area (Å²) in [5, 5.41) is 3.16. The Kier molecular flexibility index (Phi) is 5.99. The Bertz CT molecular complexity index is 378. The molecule has 1 saturated heterocycles. The fraction of sp³-hybridized carbons (Fsp3) is 0.875. The number of hydrogen-bond acceptors (Lipinski definition) is 3. The molecular weight excluding hydrogens is 282 g/mol. The summed E-state index contributed by atoms with van der Waals surface area (Å²) in [6.07, 6.45) is 8.51. The Morgan fingerprint density at radius 2 is 1.95 bits per heavy atom. The lowest BCUT2D eigenvalue weighted by Gasteiger charge is -2.31. The van der Waals surface area contributed by atoms with Crippen LogP contribution < -0.4 is 11.1 Å². The molecule has 5 heteroatoms. The van der Waals surface area contributed by atoms with Crippen LogP contribution in [0.4, 0.5) is 0 Å². The van der Waals surface area contributed by atoms with Gasteiger partial charge in [0.25, 0.3) is 0 Å². The summed E-state index contributed by atoms with van der Waals surface area (Å²) in [5.41, 5.74) is 5.37. The third-order valence-electron chi connectivity index (χ3n) is 5.27. The molecule has 1 saturated carbocycles. The molecule has 0 aromatic carbocycles. The van der Waals surface area contributed by atoms with E-state index in [2.05, 4.69) is 17.1 Å². The van der Waals surface area contributed by atoms with E-state index < -0.39 is 5.41 Å². The van der Waals surface area contributed by atoms with E-state index in [0.717, 1.165) is 45.3 Å². The van der Waals surface area contributed by atoms with Crippen molar-refractivity contribution in [2.45, 2.75) is 64.3 Å². The lowest BCUT2D eigenvalue weighted by molar-refractivity contribution is -0.128. The van der Waals surface area contributed by atoms with Gasteiger partial charge >= 0.3 is 0 Å². The number of likely N-dealkylation sites (tertiary alicyclic amines) is 1. The smallest absolute Gasteiger partial charge is 0.233 e. The maximum absolute atomic E-state index is 12.8. The highest BCUT2D eigenvalue weighted by Crippen LogP contribution is 2.35. The van der Waals surface area contributed by atoms with Crippen LogP contribution in [0.25, 0.3) is 0 Å². The molecule has 0 aromatic rings. The highest BCUT2D eigenvalue weighted by molar-refractivity contribution is 7.80. The molecule has 21 heavy (non-hydrogen) atoms. The predicted octanol–water partition coefficient (Wildman–Crippen LogP) is 2.21. The van der Waals surface area contributed by atoms with Gasteiger partial charge in [0, 0.05) is 12.6 Å². The molecule has 1 aliphatic heterocycles. The van der Waals surface area contributed by atoms with E-state index in [-0.39, 0.29) is 5.91 Å². The van der Waals surface area contributed by atoms with E-state index >= 15 is 0 Å². The third kappa shape index (κ3) is 3.75. The second-order valence-corrected chi connectivity index (χ2v) is 6.94. The van der Waals surface area contributed by atoms with E-state index in [4.69, 9.17) is 18.0 Å². The Balaban J connectivity index is 1.97. The van der Waals surface area contributed by atoms with Gasteiger partial charge < -0.3 is 11.1 Å². The molecule has 1 aliphatic carbocycles. The second kappa shape index (κ2) is 7.54. The second-order valence-electron chi connectivity index (χ2n) is 6.50. The summed E-state index contributed by atoms with van der Waals surface area (Å²) >= 11 is 5.27. The average Bonchev–Trinajstić information content (AvgIpc) is 2.77. The van der Waals surface area contributed by atoms with Gasteiger partial charge in [-0.3, -0.25) is 9.69 Å². The fourth-order valence-corrected chi connectivity index (χ4v) is 4.14. The van der Waals surface area contributed by atoms with Gasteiger partial charge in [0.05, 0.1) is 10.4 Å². The summed E-state index contributed by atoms with van der Waals surface area (Å²) in [7, 11) is 0. The molecule has 1 heterocycles. The van der Waals surface area contributed by atoms with E-state index in [1.807, 2.05) is 0 Å². The molecule has 2 fully saturated rings. The number of likely N-dealkylation sites (N-methyl/N-ethyl adjacent to an activating group) is 1. The zero-order valence-electron chi connectivity index (χ0n) is 13.2. The molecule has 4 nitrogen and oxygen atoms in total. The van der Waals surface area contributed by atoms with Gasteiger partial charge in [-0.25, -0.2) is 0 Å². The van der Waals surface area contributed by atoms with Crippen molar-refractivity contribution < 1.29 is 4.79 Å². The summed E-state index contributed by atoms with van der Waals surface area (Å²) < 4.78 is 0. The van der Waals surface area contributed by atoms with Gasteiger partial charge in [0.15, 0.2) is 0 Å². The third-order valence-corrected chi connectivity index (χ3v) is 5.66. The van der Waals surface area contributed by atoms with Crippen LogP contribution in [0.3, 0.4) is 0 Å². The number of rotatable bonds is 5. The molecule has 2 rings (SSSR count). The fourth-order valence-electron chi connectivity index (χ4n) is 3.84. The van der Waals surface area contributed by atoms with E-state index in [1.165, 1.54) is 25.7 Å². The Morgan fingerprint density at radius 3 is 2.52 bits per heavy atom. The molecule has 0 aromatic heterocycles. The number of nitrogens with one attached hydrogen (secondary N) is 1. The lowest BCUT2D eigenvalue weighted by Crippen LogP contribution is -2.51. The van der Waals surface area contributed by atoms with Crippen LogP contribution in [-0.2, 0) is 4.79 Å². The van der Waals surface area contributed by atoms with Crippen LogP contribution in [0.5, 0.6) is 0 Å². The minimum atomic E-state index is -0.596. The van der Waals surface area contributed by atoms with Crippen molar-refractivity contribution in [3.8, 4) is 0 Å². The largest absolute Gasteiger partial charge is 0.392 e. The Labute approximate surface area is 133 Å². The number of nitrogens with two attached hydrogens (primary N) is 1. The van der Waals surface area contributed by atoms with Crippen molar-refractivity contribution in [1.29, 1.82) is 0 Å². The molecule has 1 atom stereocenters. The molecule has 1 amide bonds. The van der Waals surface area contributed by atoms with Crippen molar-refractivity contribution in [3.63, 3.8) is 0 Å². The van der Waals surface area contributed by atoms with Gasteiger partial charge in [0.1, 0.15) is 0 Å². The monoisotopic (exact) mass is 311 g/mol. The van der Waals surface area contributed by atoms with Crippen molar-refractivity contribution >= 4 is 23.1 Å². The van der Waals surface area contributed by atoms with Crippen LogP contribution in [-0.4, -0.2) is 41.5 Å². The van der Waals surface area contributed by atoms with Crippen LogP contribution >= 0.6 is 12.2 Å². The maximum atomic E-state index is 12.8. The number of hydrogen-bond donors (Lipinski definition) is 2. The minimum absolute atomic E-state index is 0.0693. The SMILES string of the molecule is CCN1CCCC1CNC(=O)C1(C(N)=S)CCCCCC1. The molecule has 1 unspecified atom stereocenters. The average molecular weight is 311 g/mol. The van der Waals surface area contributed by atoms with Gasteiger partial charge in [0.2, 0.25) is 5.91 Å². The molecule has 3 N–H and O–H groups in total. The van der Waals surface area contributed by atoms with Gasteiger partial charge in [-0.2, -0.15) is 0 Å². The summed E-state index contributed by atoms with van der Waals surface area (Å²) in [6, 6.07) is 0.480. The number of thiocarbonyl (C=S) groups is 1. The van der Waals surface area contributed by atoms with Crippen LogP contribution in [0, 0.1) is 5.41 Å². The maximum Gasteiger partial charge on any atom is 0.233 e. The first kappa shape index (κ1) is 16.7. The molecular formula is C16H29N3OS. The first-order valence-electron chi connectivity index (χ1n) is 8.42. The Hall–Kier alpha value is -0.680. The predicted molar refractivity (Wildman–Crippen MR) is 90.2 cm³/mol. The van der Waals surface area contributed by atoms with Crippen molar-refractivity contribution in [3.05, 3.63) is 0 Å². The Morgan fingerprint density at radius 1 is 1.29 bits per heavy atom. The number of nitrogens with zero attached hydrogens (tertiary/aromatic N) is 1. The van der Waals surface area contributed by atoms with Gasteiger partial charge in [-0.1, -0.05) is 44.8 Å². The quantitative estimate of drug-likeness (QED) is 0.604. The standard InChI is InChI=1S/C16H29N3OS/c1-2-19-11-7-8-13(19)12-18-15(20)16(14(17)21)9-5-3-4-6-10-16/h13H,2-12H2,1H3,(H2,17,21)(H,18,20). The molecule has 120 valence electrons. The minimum Gasteiger partial charge on any atom is -0.392 e. The molecule has 2 aliphatic rings. The highest BCUT2D eigenvalue weighted by Gasteiger charge is 2.41. The topological polar surface area (TPSA) is 58.4 Å². The number of carbonyl (C=O) groups is 1. The zero-order chi connectivity index (χ0) is 15.3. The molecule has 0 radical (unpaired) electrons. The summed E-state index contributed by atoms with van der Waals surface area (Å²) in [5.74, 6) is 0.0693. The van der Waals surface area contributed by atoms with Crippen molar-refractivity contribution in [2.24, 2.45) is 11.1 Å². The van der Waals surface area contributed by atoms with E-state index in [9.17, 15) is 4.79 Å².